The van der Waals surface area contributed by atoms with Crippen molar-refractivity contribution in [3.8, 4) is 0 Å². The second-order valence-electron chi connectivity index (χ2n) is 5.82. The lowest BCUT2D eigenvalue weighted by atomic mass is 10.2. The number of nitrogens with zero attached hydrogens (tertiary/aromatic N) is 2. The number of carbonyl (C=O) groups excluding carboxylic acids is 2. The van der Waals surface area contributed by atoms with Crippen molar-refractivity contribution in [3.63, 3.8) is 0 Å². The molecule has 25 heavy (non-hydrogen) atoms. The first kappa shape index (κ1) is 17.8. The fourth-order valence-electron chi connectivity index (χ4n) is 2.78. The summed E-state index contributed by atoms with van der Waals surface area (Å²) in [6.07, 6.45) is -0.863. The summed E-state index contributed by atoms with van der Waals surface area (Å²) in [5, 5.41) is 0. The van der Waals surface area contributed by atoms with Crippen LogP contribution in [0.5, 0.6) is 0 Å². The highest BCUT2D eigenvalue weighted by molar-refractivity contribution is 7.97. The average Bonchev–Trinajstić information content (AvgIpc) is 2.96. The van der Waals surface area contributed by atoms with Gasteiger partial charge < -0.3 is 19.1 Å². The van der Waals surface area contributed by atoms with Crippen LogP contribution in [-0.2, 0) is 14.3 Å². The zero-order valence-corrected chi connectivity index (χ0v) is 14.7. The molecule has 0 aliphatic carbocycles. The molecule has 0 aromatic heterocycles. The lowest BCUT2D eigenvalue weighted by Gasteiger charge is -2.29. The number of rotatable bonds is 5. The Hall–Kier alpha value is -2.00. The van der Waals surface area contributed by atoms with E-state index in [9.17, 15) is 14.0 Å². The van der Waals surface area contributed by atoms with E-state index in [0.29, 0.717) is 50.0 Å². The number of amides is 2. The summed E-state index contributed by atoms with van der Waals surface area (Å²) >= 11 is 1.19. The van der Waals surface area contributed by atoms with E-state index in [0.717, 1.165) is 0 Å². The van der Waals surface area contributed by atoms with Gasteiger partial charge >= 0.3 is 6.09 Å². The van der Waals surface area contributed by atoms with Crippen LogP contribution in [0.3, 0.4) is 0 Å². The molecule has 1 aromatic rings. The molecule has 1 N–H and O–H groups in total. The maximum atomic E-state index is 14.5. The van der Waals surface area contributed by atoms with Gasteiger partial charge in [-0.15, -0.1) is 0 Å². The fraction of sp³-hybridized carbons (Fsp3) is 0.500. The lowest BCUT2D eigenvalue weighted by molar-refractivity contribution is -0.117. The Morgan fingerprint density at radius 2 is 2.16 bits per heavy atom. The highest BCUT2D eigenvalue weighted by Crippen LogP contribution is 2.28. The molecule has 0 bridgehead atoms. The van der Waals surface area contributed by atoms with E-state index in [-0.39, 0.29) is 17.8 Å². The summed E-state index contributed by atoms with van der Waals surface area (Å²) in [5.41, 5.74) is 0.976. The summed E-state index contributed by atoms with van der Waals surface area (Å²) in [6.45, 7) is 4.18. The molecule has 2 aliphatic rings. The molecule has 2 aliphatic heterocycles. The van der Waals surface area contributed by atoms with Crippen LogP contribution in [0, 0.1) is 5.82 Å². The zero-order chi connectivity index (χ0) is 17.8. The van der Waals surface area contributed by atoms with Crippen LogP contribution >= 0.6 is 11.9 Å². The third-order valence-electron chi connectivity index (χ3n) is 3.95. The minimum absolute atomic E-state index is 0.160. The van der Waals surface area contributed by atoms with Gasteiger partial charge in [-0.25, -0.2) is 9.18 Å². The van der Waals surface area contributed by atoms with Crippen LogP contribution in [0.2, 0.25) is 0 Å². The number of halogens is 1. The molecule has 1 aromatic carbocycles. The van der Waals surface area contributed by atoms with E-state index in [2.05, 4.69) is 4.72 Å². The molecule has 2 amide bonds. The van der Waals surface area contributed by atoms with Crippen molar-refractivity contribution in [2.24, 2.45) is 0 Å². The third kappa shape index (κ3) is 4.35. The van der Waals surface area contributed by atoms with Gasteiger partial charge in [-0.1, -0.05) is 0 Å². The number of hydrogen-bond donors (Lipinski definition) is 1. The first-order chi connectivity index (χ1) is 12.0. The number of nitrogens with one attached hydrogen (secondary N) is 1. The van der Waals surface area contributed by atoms with Gasteiger partial charge in [0.2, 0.25) is 5.91 Å². The van der Waals surface area contributed by atoms with Crippen LogP contribution in [-0.4, -0.2) is 56.7 Å². The number of morpholine rings is 1. The summed E-state index contributed by atoms with van der Waals surface area (Å²) in [6, 6.07) is 4.76. The van der Waals surface area contributed by atoms with Crippen LogP contribution in [0.25, 0.3) is 0 Å². The van der Waals surface area contributed by atoms with E-state index in [4.69, 9.17) is 9.47 Å². The number of benzene rings is 1. The predicted octanol–water partition coefficient (Wildman–Crippen LogP) is 1.77. The van der Waals surface area contributed by atoms with E-state index >= 15 is 0 Å². The van der Waals surface area contributed by atoms with Crippen LogP contribution < -0.4 is 14.5 Å². The SMILES string of the molecule is CC(=O)NSCC1CN(c2ccc(N3CCOCC3)c(F)c2)C(=O)O1. The molecule has 7 nitrogen and oxygen atoms in total. The molecule has 1 atom stereocenters. The molecule has 2 heterocycles. The normalized spacial score (nSPS) is 20.6. The minimum atomic E-state index is -0.507. The molecule has 3 rings (SSSR count). The standard InChI is InChI=1S/C16H20FN3O4S/c1-11(21)18-25-10-13-9-20(16(22)24-13)12-2-3-15(14(17)8-12)19-4-6-23-7-5-19/h2-3,8,13H,4-7,9-10H2,1H3,(H,18,21). The van der Waals surface area contributed by atoms with Gasteiger partial charge in [0.15, 0.2) is 0 Å². The molecular weight excluding hydrogens is 349 g/mol. The second-order valence-corrected chi connectivity index (χ2v) is 6.65. The number of carbonyl (C=O) groups is 2. The highest BCUT2D eigenvalue weighted by Gasteiger charge is 2.33. The first-order valence-corrected chi connectivity index (χ1v) is 9.02. The molecule has 136 valence electrons. The summed E-state index contributed by atoms with van der Waals surface area (Å²) in [7, 11) is 0. The fourth-order valence-corrected chi connectivity index (χ4v) is 3.43. The number of ether oxygens (including phenoxy) is 2. The molecule has 0 spiro atoms. The molecule has 2 fully saturated rings. The summed E-state index contributed by atoms with van der Waals surface area (Å²) < 4.78 is 27.6. The number of cyclic esters (lactones) is 1. The van der Waals surface area contributed by atoms with Gasteiger partial charge in [-0.05, 0) is 30.1 Å². The highest BCUT2D eigenvalue weighted by atomic mass is 32.2. The van der Waals surface area contributed by atoms with Gasteiger partial charge in [-0.2, -0.15) is 0 Å². The first-order valence-electron chi connectivity index (χ1n) is 8.03. The lowest BCUT2D eigenvalue weighted by Crippen LogP contribution is -2.36. The Morgan fingerprint density at radius 1 is 1.40 bits per heavy atom. The molecule has 9 heteroatoms. The third-order valence-corrected chi connectivity index (χ3v) is 4.92. The second kappa shape index (κ2) is 7.92. The van der Waals surface area contributed by atoms with Gasteiger partial charge in [0, 0.05) is 20.0 Å². The zero-order valence-electron chi connectivity index (χ0n) is 13.9. The van der Waals surface area contributed by atoms with Crippen molar-refractivity contribution in [1.82, 2.24) is 4.72 Å². The van der Waals surface area contributed by atoms with Crippen molar-refractivity contribution in [2.75, 3.05) is 48.4 Å². The van der Waals surface area contributed by atoms with E-state index in [1.165, 1.54) is 29.8 Å². The largest absolute Gasteiger partial charge is 0.443 e. The summed E-state index contributed by atoms with van der Waals surface area (Å²) in [5.74, 6) is -0.0916. The molecule has 2 saturated heterocycles. The molecule has 1 unspecified atom stereocenters. The molecule has 0 radical (unpaired) electrons. The van der Waals surface area contributed by atoms with Crippen LogP contribution in [0.1, 0.15) is 6.92 Å². The maximum Gasteiger partial charge on any atom is 0.414 e. The Labute approximate surface area is 149 Å². The van der Waals surface area contributed by atoms with Crippen LogP contribution in [0.15, 0.2) is 18.2 Å². The van der Waals surface area contributed by atoms with E-state index in [1.54, 1.807) is 12.1 Å². The van der Waals surface area contributed by atoms with Gasteiger partial charge in [-0.3, -0.25) is 9.69 Å². The topological polar surface area (TPSA) is 71.1 Å². The predicted molar refractivity (Wildman–Crippen MR) is 93.3 cm³/mol. The van der Waals surface area contributed by atoms with Crippen molar-refractivity contribution in [3.05, 3.63) is 24.0 Å². The maximum absolute atomic E-state index is 14.5. The van der Waals surface area contributed by atoms with Gasteiger partial charge in [0.05, 0.1) is 36.9 Å². The van der Waals surface area contributed by atoms with Gasteiger partial charge in [0.25, 0.3) is 0 Å². The van der Waals surface area contributed by atoms with Crippen molar-refractivity contribution < 1.29 is 23.5 Å². The van der Waals surface area contributed by atoms with E-state index in [1.807, 2.05) is 4.90 Å². The number of anilines is 2. The summed E-state index contributed by atoms with van der Waals surface area (Å²) in [4.78, 5) is 26.2. The van der Waals surface area contributed by atoms with Gasteiger partial charge in [0.1, 0.15) is 11.9 Å². The van der Waals surface area contributed by atoms with E-state index < -0.39 is 6.09 Å². The van der Waals surface area contributed by atoms with Crippen molar-refractivity contribution in [2.45, 2.75) is 13.0 Å². The Morgan fingerprint density at radius 3 is 2.84 bits per heavy atom. The number of hydrogen-bond acceptors (Lipinski definition) is 6. The Bertz CT molecular complexity index is 654. The minimum Gasteiger partial charge on any atom is -0.443 e. The Balaban J connectivity index is 1.64. The quantitative estimate of drug-likeness (QED) is 0.798. The molecule has 0 saturated carbocycles. The monoisotopic (exact) mass is 369 g/mol. The molecular formula is C16H20FN3O4S. The Kier molecular flexibility index (Phi) is 5.64. The smallest absolute Gasteiger partial charge is 0.414 e. The average molecular weight is 369 g/mol. The van der Waals surface area contributed by atoms with Crippen LogP contribution in [0.4, 0.5) is 20.6 Å². The van der Waals surface area contributed by atoms with Crippen molar-refractivity contribution in [1.29, 1.82) is 0 Å². The van der Waals surface area contributed by atoms with Crippen molar-refractivity contribution >= 4 is 35.3 Å².